The molecule has 2 aromatic heterocycles. The molecule has 2 atom stereocenters. The van der Waals surface area contributed by atoms with Gasteiger partial charge in [0.25, 0.3) is 5.91 Å². The number of carbonyl (C=O) groups excluding carboxylic acids is 1. The number of fused-ring (bicyclic) bond motifs is 1. The smallest absolute Gasteiger partial charge is 0.272 e. The first-order chi connectivity index (χ1) is 13.0. The highest BCUT2D eigenvalue weighted by Crippen LogP contribution is 2.24. The largest absolute Gasteiger partial charge is 0.391 e. The number of aliphatic hydroxyl groups excluding tert-OH is 1. The summed E-state index contributed by atoms with van der Waals surface area (Å²) in [5.74, 6) is -0.0905. The van der Waals surface area contributed by atoms with Crippen molar-refractivity contribution in [2.75, 3.05) is 13.1 Å². The summed E-state index contributed by atoms with van der Waals surface area (Å²) in [6.07, 6.45) is 1.76. The Morgan fingerprint density at radius 2 is 2.00 bits per heavy atom. The van der Waals surface area contributed by atoms with Crippen LogP contribution >= 0.6 is 0 Å². The Kier molecular flexibility index (Phi) is 4.66. The quantitative estimate of drug-likeness (QED) is 0.773. The van der Waals surface area contributed by atoms with Crippen molar-refractivity contribution in [1.82, 2.24) is 19.7 Å². The van der Waals surface area contributed by atoms with E-state index in [2.05, 4.69) is 11.2 Å². The first-order valence-electron chi connectivity index (χ1n) is 9.38. The fraction of sp³-hybridized carbons (Fsp3) is 0.381. The molecule has 6 heteroatoms. The molecule has 1 aliphatic rings. The van der Waals surface area contributed by atoms with E-state index in [9.17, 15) is 9.90 Å². The monoisotopic (exact) mass is 364 g/mol. The van der Waals surface area contributed by atoms with Crippen LogP contribution in [0.4, 0.5) is 0 Å². The second-order valence-corrected chi connectivity index (χ2v) is 7.49. The van der Waals surface area contributed by atoms with E-state index in [0.717, 1.165) is 16.6 Å². The van der Waals surface area contributed by atoms with Crippen molar-refractivity contribution in [2.45, 2.75) is 32.4 Å². The van der Waals surface area contributed by atoms with E-state index in [-0.39, 0.29) is 17.9 Å². The second-order valence-electron chi connectivity index (χ2n) is 7.49. The summed E-state index contributed by atoms with van der Waals surface area (Å²) in [4.78, 5) is 19.3. The summed E-state index contributed by atoms with van der Waals surface area (Å²) >= 11 is 0. The number of para-hydroxylation sites is 1. The summed E-state index contributed by atoms with van der Waals surface area (Å²) < 4.78 is 1.73. The van der Waals surface area contributed by atoms with Gasteiger partial charge in [-0.05, 0) is 38.5 Å². The Morgan fingerprint density at radius 3 is 2.81 bits per heavy atom. The molecule has 0 saturated carbocycles. The van der Waals surface area contributed by atoms with Gasteiger partial charge in [0, 0.05) is 42.3 Å². The number of aromatic nitrogens is 3. The molecule has 0 aliphatic carbocycles. The number of hydrogen-bond acceptors (Lipinski definition) is 4. The van der Waals surface area contributed by atoms with Gasteiger partial charge in [-0.1, -0.05) is 24.3 Å². The van der Waals surface area contributed by atoms with Crippen LogP contribution in [0.2, 0.25) is 0 Å². The lowest BCUT2D eigenvalue weighted by molar-refractivity contribution is 0.0750. The molecule has 0 unspecified atom stereocenters. The lowest BCUT2D eigenvalue weighted by Gasteiger charge is -2.18. The molecule has 1 amide bonds. The zero-order valence-corrected chi connectivity index (χ0v) is 15.6. The minimum atomic E-state index is -0.544. The van der Waals surface area contributed by atoms with E-state index in [0.29, 0.717) is 25.2 Å². The van der Waals surface area contributed by atoms with E-state index in [4.69, 9.17) is 4.98 Å². The van der Waals surface area contributed by atoms with Crippen LogP contribution in [0.25, 0.3) is 10.9 Å². The molecule has 1 fully saturated rings. The molecule has 1 saturated heterocycles. The van der Waals surface area contributed by atoms with Crippen LogP contribution in [0.15, 0.2) is 48.7 Å². The van der Waals surface area contributed by atoms with Crippen molar-refractivity contribution >= 4 is 16.8 Å². The van der Waals surface area contributed by atoms with Gasteiger partial charge in [-0.25, -0.2) is 0 Å². The summed E-state index contributed by atoms with van der Waals surface area (Å²) in [7, 11) is 0. The predicted octanol–water partition coefficient (Wildman–Crippen LogP) is 2.69. The number of hydrogen-bond donors (Lipinski definition) is 1. The maximum atomic E-state index is 12.9. The maximum Gasteiger partial charge on any atom is 0.272 e. The number of amides is 1. The third kappa shape index (κ3) is 3.45. The molecule has 0 radical (unpaired) electrons. The molecule has 1 aliphatic heterocycles. The van der Waals surface area contributed by atoms with Gasteiger partial charge < -0.3 is 10.0 Å². The highest BCUT2D eigenvalue weighted by atomic mass is 16.3. The fourth-order valence-corrected chi connectivity index (χ4v) is 3.77. The molecule has 1 N–H and O–H groups in total. The van der Waals surface area contributed by atoms with Crippen molar-refractivity contribution in [2.24, 2.45) is 5.92 Å². The van der Waals surface area contributed by atoms with Crippen molar-refractivity contribution in [3.8, 4) is 0 Å². The number of likely N-dealkylation sites (tertiary alicyclic amines) is 1. The molecule has 0 spiro atoms. The molecule has 6 nitrogen and oxygen atoms in total. The standard InChI is InChI=1S/C21H24N4O2/c1-14(2)25-19(9-10-22-25)21(27)24-12-16(20(26)13-24)11-17-8-7-15-5-3-4-6-18(15)23-17/h3-10,14,16,20,26H,11-13H2,1-2H3/t16-,20-/m1/s1. The Labute approximate surface area is 158 Å². The first kappa shape index (κ1) is 17.7. The molecule has 140 valence electrons. The average molecular weight is 364 g/mol. The van der Waals surface area contributed by atoms with Crippen LogP contribution in [0, 0.1) is 5.92 Å². The van der Waals surface area contributed by atoms with Crippen molar-refractivity contribution < 1.29 is 9.90 Å². The van der Waals surface area contributed by atoms with Gasteiger partial charge >= 0.3 is 0 Å². The summed E-state index contributed by atoms with van der Waals surface area (Å²) in [6, 6.07) is 13.9. The SMILES string of the molecule is CC(C)n1nccc1C(=O)N1C[C@@H](Cc2ccc3ccccc3n2)[C@H](O)C1. The average Bonchev–Trinajstić information content (AvgIpc) is 3.29. The van der Waals surface area contributed by atoms with Gasteiger partial charge in [-0.3, -0.25) is 14.5 Å². The van der Waals surface area contributed by atoms with Gasteiger partial charge in [0.1, 0.15) is 5.69 Å². The van der Waals surface area contributed by atoms with E-state index in [1.807, 2.05) is 44.2 Å². The number of carbonyl (C=O) groups is 1. The third-order valence-corrected chi connectivity index (χ3v) is 5.20. The number of rotatable bonds is 4. The van der Waals surface area contributed by atoms with Crippen LogP contribution in [0.3, 0.4) is 0 Å². The Hall–Kier alpha value is -2.73. The number of benzene rings is 1. The van der Waals surface area contributed by atoms with E-state index in [1.54, 1.807) is 21.8 Å². The molecule has 4 rings (SSSR count). The van der Waals surface area contributed by atoms with Gasteiger partial charge in [0.2, 0.25) is 0 Å². The van der Waals surface area contributed by atoms with Crippen LogP contribution in [-0.2, 0) is 6.42 Å². The van der Waals surface area contributed by atoms with Gasteiger partial charge in [0.15, 0.2) is 0 Å². The van der Waals surface area contributed by atoms with Gasteiger partial charge in [0.05, 0.1) is 11.6 Å². The van der Waals surface area contributed by atoms with Crippen LogP contribution in [0.5, 0.6) is 0 Å². The Morgan fingerprint density at radius 1 is 1.19 bits per heavy atom. The summed E-state index contributed by atoms with van der Waals surface area (Å²) in [5.41, 5.74) is 2.47. The molecule has 27 heavy (non-hydrogen) atoms. The Bertz CT molecular complexity index is 965. The number of nitrogens with zero attached hydrogens (tertiary/aromatic N) is 4. The third-order valence-electron chi connectivity index (χ3n) is 5.20. The molecule has 0 bridgehead atoms. The lowest BCUT2D eigenvalue weighted by Crippen LogP contribution is -2.31. The molecule has 3 aromatic rings. The number of aliphatic hydroxyl groups is 1. The second kappa shape index (κ2) is 7.12. The molecule has 3 heterocycles. The predicted molar refractivity (Wildman–Crippen MR) is 103 cm³/mol. The maximum absolute atomic E-state index is 12.9. The van der Waals surface area contributed by atoms with Crippen molar-refractivity contribution in [3.05, 3.63) is 60.0 Å². The normalized spacial score (nSPS) is 19.9. The van der Waals surface area contributed by atoms with Gasteiger partial charge in [-0.15, -0.1) is 0 Å². The van der Waals surface area contributed by atoms with E-state index >= 15 is 0 Å². The highest BCUT2D eigenvalue weighted by molar-refractivity contribution is 5.92. The lowest BCUT2D eigenvalue weighted by atomic mass is 9.99. The minimum absolute atomic E-state index is 0.0157. The fourth-order valence-electron chi connectivity index (χ4n) is 3.77. The van der Waals surface area contributed by atoms with Gasteiger partial charge in [-0.2, -0.15) is 5.10 Å². The molecular weight excluding hydrogens is 340 g/mol. The van der Waals surface area contributed by atoms with Crippen LogP contribution < -0.4 is 0 Å². The zero-order valence-electron chi connectivity index (χ0n) is 15.6. The van der Waals surface area contributed by atoms with Crippen LogP contribution in [0.1, 0.15) is 36.1 Å². The minimum Gasteiger partial charge on any atom is -0.391 e. The van der Waals surface area contributed by atoms with Crippen molar-refractivity contribution in [3.63, 3.8) is 0 Å². The highest BCUT2D eigenvalue weighted by Gasteiger charge is 2.35. The molecule has 1 aromatic carbocycles. The van der Waals surface area contributed by atoms with Crippen LogP contribution in [-0.4, -0.2) is 49.9 Å². The topological polar surface area (TPSA) is 71.2 Å². The summed E-state index contributed by atoms with van der Waals surface area (Å²) in [5, 5.41) is 15.9. The number of pyridine rings is 1. The van der Waals surface area contributed by atoms with Crippen molar-refractivity contribution in [1.29, 1.82) is 0 Å². The van der Waals surface area contributed by atoms with E-state index < -0.39 is 6.10 Å². The first-order valence-corrected chi connectivity index (χ1v) is 9.38. The summed E-state index contributed by atoms with van der Waals surface area (Å²) in [6.45, 7) is 4.87. The zero-order chi connectivity index (χ0) is 19.0. The Balaban J connectivity index is 1.49. The number of β-amino-alcohol motifs (C(OH)–C–C–N with tert-alkyl or cyclic N) is 1. The molecular formula is C21H24N4O2. The van der Waals surface area contributed by atoms with E-state index in [1.165, 1.54) is 0 Å².